The summed E-state index contributed by atoms with van der Waals surface area (Å²) in [6, 6.07) is 10.6. The van der Waals surface area contributed by atoms with Crippen LogP contribution < -0.4 is 0 Å². The Balaban J connectivity index is 2.16. The molecule has 2 rings (SSSR count). The van der Waals surface area contributed by atoms with Gasteiger partial charge in [0.15, 0.2) is 0 Å². The summed E-state index contributed by atoms with van der Waals surface area (Å²) in [5, 5.41) is 9.98. The summed E-state index contributed by atoms with van der Waals surface area (Å²) in [5.41, 5.74) is 1.85. The van der Waals surface area contributed by atoms with Crippen LogP contribution in [-0.4, -0.2) is 5.11 Å². The molecular weight excluding hydrogens is 234 g/mol. The van der Waals surface area contributed by atoms with Crippen LogP contribution in [0, 0.1) is 18.6 Å². The normalized spacial score (nSPS) is 12.4. The average molecular weight is 248 g/mol. The van der Waals surface area contributed by atoms with E-state index in [1.54, 1.807) is 31.2 Å². The van der Waals surface area contributed by atoms with E-state index in [2.05, 4.69) is 0 Å². The van der Waals surface area contributed by atoms with Gasteiger partial charge < -0.3 is 5.11 Å². The van der Waals surface area contributed by atoms with Crippen LogP contribution in [0.25, 0.3) is 0 Å². The molecule has 94 valence electrons. The van der Waals surface area contributed by atoms with Gasteiger partial charge in [0.25, 0.3) is 0 Å². The van der Waals surface area contributed by atoms with Crippen molar-refractivity contribution in [1.82, 2.24) is 0 Å². The highest BCUT2D eigenvalue weighted by Gasteiger charge is 2.13. The minimum absolute atomic E-state index is 0.264. The molecule has 0 radical (unpaired) electrons. The number of halogens is 2. The summed E-state index contributed by atoms with van der Waals surface area (Å²) in [4.78, 5) is 0. The van der Waals surface area contributed by atoms with E-state index in [-0.39, 0.29) is 17.8 Å². The predicted octanol–water partition coefficient (Wildman–Crippen LogP) is 3.55. The van der Waals surface area contributed by atoms with Crippen LogP contribution in [0.4, 0.5) is 8.78 Å². The van der Waals surface area contributed by atoms with E-state index in [4.69, 9.17) is 0 Å². The van der Waals surface area contributed by atoms with Gasteiger partial charge in [-0.15, -0.1) is 0 Å². The molecular formula is C15H14F2O. The van der Waals surface area contributed by atoms with Crippen molar-refractivity contribution in [3.05, 3.63) is 70.8 Å². The Morgan fingerprint density at radius 2 is 1.72 bits per heavy atom. The number of hydrogen-bond donors (Lipinski definition) is 1. The summed E-state index contributed by atoms with van der Waals surface area (Å²) >= 11 is 0. The molecule has 0 aliphatic rings. The van der Waals surface area contributed by atoms with Crippen LogP contribution >= 0.6 is 0 Å². The van der Waals surface area contributed by atoms with Crippen molar-refractivity contribution < 1.29 is 13.9 Å². The largest absolute Gasteiger partial charge is 0.388 e. The maximum absolute atomic E-state index is 13.6. The average Bonchev–Trinajstić information content (AvgIpc) is 2.32. The van der Waals surface area contributed by atoms with E-state index < -0.39 is 11.9 Å². The lowest BCUT2D eigenvalue weighted by atomic mass is 10.00. The number of aliphatic hydroxyl groups excluding tert-OH is 1. The maximum atomic E-state index is 13.6. The molecule has 1 unspecified atom stereocenters. The molecule has 18 heavy (non-hydrogen) atoms. The fraction of sp³-hybridized carbons (Fsp3) is 0.200. The highest BCUT2D eigenvalue weighted by molar-refractivity contribution is 5.27. The summed E-state index contributed by atoms with van der Waals surface area (Å²) < 4.78 is 26.4. The molecule has 0 heterocycles. The van der Waals surface area contributed by atoms with Gasteiger partial charge in [0.2, 0.25) is 0 Å². The quantitative estimate of drug-likeness (QED) is 0.880. The molecule has 0 saturated carbocycles. The van der Waals surface area contributed by atoms with Gasteiger partial charge in [0.05, 0.1) is 6.10 Å². The molecule has 0 spiro atoms. The van der Waals surface area contributed by atoms with Gasteiger partial charge in [0, 0.05) is 12.0 Å². The Kier molecular flexibility index (Phi) is 3.72. The zero-order chi connectivity index (χ0) is 13.1. The molecule has 1 atom stereocenters. The molecule has 0 aliphatic heterocycles. The van der Waals surface area contributed by atoms with E-state index in [9.17, 15) is 13.9 Å². The highest BCUT2D eigenvalue weighted by Crippen LogP contribution is 2.22. The van der Waals surface area contributed by atoms with Crippen molar-refractivity contribution >= 4 is 0 Å². The Bertz CT molecular complexity index is 535. The first-order valence-corrected chi connectivity index (χ1v) is 5.75. The van der Waals surface area contributed by atoms with Crippen LogP contribution in [0.1, 0.15) is 22.8 Å². The molecule has 0 aliphatic carbocycles. The van der Waals surface area contributed by atoms with Gasteiger partial charge in [0.1, 0.15) is 11.6 Å². The van der Waals surface area contributed by atoms with Gasteiger partial charge in [-0.1, -0.05) is 24.3 Å². The van der Waals surface area contributed by atoms with Crippen molar-refractivity contribution in [1.29, 1.82) is 0 Å². The lowest BCUT2D eigenvalue weighted by Gasteiger charge is -2.12. The van der Waals surface area contributed by atoms with E-state index in [1.807, 2.05) is 0 Å². The Morgan fingerprint density at radius 3 is 2.33 bits per heavy atom. The van der Waals surface area contributed by atoms with Gasteiger partial charge >= 0.3 is 0 Å². The molecule has 0 saturated heterocycles. The fourth-order valence-corrected chi connectivity index (χ4v) is 1.86. The van der Waals surface area contributed by atoms with Crippen molar-refractivity contribution in [2.45, 2.75) is 19.4 Å². The summed E-state index contributed by atoms with van der Waals surface area (Å²) in [6.45, 7) is 1.79. The third-order valence-electron chi connectivity index (χ3n) is 2.86. The minimum Gasteiger partial charge on any atom is -0.388 e. The molecule has 0 amide bonds. The summed E-state index contributed by atoms with van der Waals surface area (Å²) in [7, 11) is 0. The lowest BCUT2D eigenvalue weighted by Crippen LogP contribution is -2.04. The second-order valence-electron chi connectivity index (χ2n) is 4.37. The maximum Gasteiger partial charge on any atom is 0.129 e. The van der Waals surface area contributed by atoms with Crippen LogP contribution in [0.15, 0.2) is 42.5 Å². The van der Waals surface area contributed by atoms with Crippen molar-refractivity contribution in [2.24, 2.45) is 0 Å². The van der Waals surface area contributed by atoms with Crippen LogP contribution in [-0.2, 0) is 6.42 Å². The molecule has 0 fully saturated rings. The SMILES string of the molecule is Cc1ccc(C(O)Cc2ccc(F)cc2)c(F)c1. The van der Waals surface area contributed by atoms with Crippen molar-refractivity contribution in [2.75, 3.05) is 0 Å². The third kappa shape index (κ3) is 2.93. The van der Waals surface area contributed by atoms with Crippen molar-refractivity contribution in [3.8, 4) is 0 Å². The molecule has 0 aromatic heterocycles. The fourth-order valence-electron chi connectivity index (χ4n) is 1.86. The van der Waals surface area contributed by atoms with Gasteiger partial charge in [-0.2, -0.15) is 0 Å². The smallest absolute Gasteiger partial charge is 0.129 e. The first kappa shape index (κ1) is 12.7. The highest BCUT2D eigenvalue weighted by atomic mass is 19.1. The first-order chi connectivity index (χ1) is 8.56. The lowest BCUT2D eigenvalue weighted by molar-refractivity contribution is 0.173. The number of rotatable bonds is 3. The Hall–Kier alpha value is -1.74. The van der Waals surface area contributed by atoms with Gasteiger partial charge in [-0.05, 0) is 36.2 Å². The summed E-state index contributed by atoms with van der Waals surface area (Å²) in [5.74, 6) is -0.737. The van der Waals surface area contributed by atoms with Gasteiger partial charge in [-0.25, -0.2) is 8.78 Å². The van der Waals surface area contributed by atoms with E-state index >= 15 is 0 Å². The molecule has 2 aromatic rings. The molecule has 2 aromatic carbocycles. The third-order valence-corrected chi connectivity index (χ3v) is 2.86. The number of aliphatic hydroxyl groups is 1. The first-order valence-electron chi connectivity index (χ1n) is 5.75. The Morgan fingerprint density at radius 1 is 1.06 bits per heavy atom. The van der Waals surface area contributed by atoms with E-state index in [0.29, 0.717) is 0 Å². The van der Waals surface area contributed by atoms with Gasteiger partial charge in [-0.3, -0.25) is 0 Å². The zero-order valence-corrected chi connectivity index (χ0v) is 10.0. The molecule has 0 bridgehead atoms. The Labute approximate surface area is 105 Å². The second kappa shape index (κ2) is 5.27. The summed E-state index contributed by atoms with van der Waals surface area (Å²) in [6.07, 6.45) is -0.656. The van der Waals surface area contributed by atoms with Crippen LogP contribution in [0.2, 0.25) is 0 Å². The zero-order valence-electron chi connectivity index (χ0n) is 10.0. The van der Waals surface area contributed by atoms with E-state index in [1.165, 1.54) is 18.2 Å². The number of aryl methyl sites for hydroxylation is 1. The molecule has 1 nitrogen and oxygen atoms in total. The van der Waals surface area contributed by atoms with Crippen LogP contribution in [0.3, 0.4) is 0 Å². The standard InChI is InChI=1S/C15H14F2O/c1-10-2-7-13(14(17)8-10)15(18)9-11-3-5-12(16)6-4-11/h2-8,15,18H,9H2,1H3. The predicted molar refractivity (Wildman–Crippen MR) is 66.2 cm³/mol. The molecule has 3 heteroatoms. The van der Waals surface area contributed by atoms with E-state index in [0.717, 1.165) is 11.1 Å². The minimum atomic E-state index is -0.920. The topological polar surface area (TPSA) is 20.2 Å². The molecule has 1 N–H and O–H groups in total. The number of hydrogen-bond acceptors (Lipinski definition) is 1. The monoisotopic (exact) mass is 248 g/mol. The van der Waals surface area contributed by atoms with Crippen LogP contribution in [0.5, 0.6) is 0 Å². The number of benzene rings is 2. The van der Waals surface area contributed by atoms with Crippen molar-refractivity contribution in [3.63, 3.8) is 0 Å². The second-order valence-corrected chi connectivity index (χ2v) is 4.37.